The standard InChI is InChI=1S/C45H31N5.C41H27N5/c1-3-13-37(14-4-1)49(40-28-23-32-11-7-8-12-36(32)29-40)39-26-24-34(25-27-39)43-31-46-42(30-47-43)33-19-21-35(22-20-33)45-48-41-17-9-10-18-44(41)50(45)38-15-5-2-6-16-38;1-3-11-31(12-4-1)45-38-17-9-7-15-33(38)34-25-30(23-24-39(34)45)37-27-42-36(26-43-37)28-19-21-29(22-20-28)41-44-35-16-8-10-18-40(35)46(41)32-13-5-2-6-14-32/h1-31H;1-27H. The van der Waals surface area contributed by atoms with Gasteiger partial charge < -0.3 is 9.47 Å². The van der Waals surface area contributed by atoms with E-state index in [9.17, 15) is 0 Å². The molecule has 0 saturated carbocycles. The van der Waals surface area contributed by atoms with Crippen molar-refractivity contribution in [3.05, 3.63) is 352 Å². The minimum absolute atomic E-state index is 0.819. The minimum atomic E-state index is 0.819. The van der Waals surface area contributed by atoms with Crippen LogP contribution in [0, 0.1) is 0 Å². The molecule has 0 spiro atoms. The summed E-state index contributed by atoms with van der Waals surface area (Å²) in [6.07, 6.45) is 7.44. The number of nitrogens with zero attached hydrogens (tertiary/aromatic N) is 10. The maximum Gasteiger partial charge on any atom is 0.145 e. The highest BCUT2D eigenvalue weighted by atomic mass is 15.1. The Balaban J connectivity index is 0.000000146. The molecule has 10 heteroatoms. The molecular weight excluding hydrogens is 1170 g/mol. The Morgan fingerprint density at radius 1 is 0.229 bits per heavy atom. The number of hydrogen-bond donors (Lipinski definition) is 0. The molecule has 0 amide bonds. The van der Waals surface area contributed by atoms with Gasteiger partial charge in [0.2, 0.25) is 0 Å². The van der Waals surface area contributed by atoms with Crippen molar-refractivity contribution in [3.63, 3.8) is 0 Å². The number of anilines is 3. The van der Waals surface area contributed by atoms with Crippen molar-refractivity contribution in [1.82, 2.24) is 43.6 Å². The second-order valence-electron chi connectivity index (χ2n) is 23.6. The molecule has 0 aliphatic carbocycles. The number of rotatable bonds is 12. The fraction of sp³-hybridized carbons (Fsp3) is 0. The Morgan fingerprint density at radius 3 is 1.10 bits per heavy atom. The number of hydrogen-bond acceptors (Lipinski definition) is 7. The molecule has 0 bridgehead atoms. The van der Waals surface area contributed by atoms with Crippen LogP contribution in [-0.4, -0.2) is 43.6 Å². The van der Waals surface area contributed by atoms with Crippen molar-refractivity contribution < 1.29 is 0 Å². The highest BCUT2D eigenvalue weighted by molar-refractivity contribution is 6.10. The summed E-state index contributed by atoms with van der Waals surface area (Å²) in [7, 11) is 0. The molecule has 13 aromatic carbocycles. The van der Waals surface area contributed by atoms with E-state index >= 15 is 0 Å². The van der Waals surface area contributed by atoms with E-state index in [1.54, 1.807) is 0 Å². The van der Waals surface area contributed by atoms with E-state index in [0.717, 1.165) is 124 Å². The van der Waals surface area contributed by atoms with Crippen LogP contribution in [0.1, 0.15) is 0 Å². The summed E-state index contributed by atoms with van der Waals surface area (Å²) in [5, 5.41) is 4.84. The Labute approximate surface area is 554 Å². The lowest BCUT2D eigenvalue weighted by Crippen LogP contribution is -2.09. The Bertz CT molecular complexity index is 5780. The number of fused-ring (bicyclic) bond motifs is 6. The largest absolute Gasteiger partial charge is 0.310 e. The molecule has 96 heavy (non-hydrogen) atoms. The van der Waals surface area contributed by atoms with Gasteiger partial charge in [0.25, 0.3) is 0 Å². The van der Waals surface area contributed by atoms with Crippen LogP contribution < -0.4 is 4.90 Å². The molecule has 5 aromatic heterocycles. The molecule has 5 heterocycles. The molecular formula is C86H58N10. The summed E-state index contributed by atoms with van der Waals surface area (Å²) in [5.74, 6) is 1.81. The highest BCUT2D eigenvalue weighted by Gasteiger charge is 2.19. The Hall–Kier alpha value is -13.2. The van der Waals surface area contributed by atoms with Crippen molar-refractivity contribution in [2.45, 2.75) is 0 Å². The Kier molecular flexibility index (Phi) is 14.7. The predicted octanol–water partition coefficient (Wildman–Crippen LogP) is 21.4. The van der Waals surface area contributed by atoms with Crippen molar-refractivity contribution in [3.8, 4) is 84.9 Å². The fourth-order valence-electron chi connectivity index (χ4n) is 13.1. The summed E-state index contributed by atoms with van der Waals surface area (Å²) >= 11 is 0. The van der Waals surface area contributed by atoms with Gasteiger partial charge in [0.05, 0.1) is 80.7 Å². The van der Waals surface area contributed by atoms with Crippen LogP contribution in [0.3, 0.4) is 0 Å². The Morgan fingerprint density at radius 2 is 0.594 bits per heavy atom. The van der Waals surface area contributed by atoms with Gasteiger partial charge in [0, 0.05) is 78.3 Å². The number of benzene rings is 13. The van der Waals surface area contributed by atoms with Gasteiger partial charge in [-0.15, -0.1) is 0 Å². The van der Waals surface area contributed by atoms with E-state index in [1.807, 2.05) is 55.1 Å². The van der Waals surface area contributed by atoms with Gasteiger partial charge in [-0.1, -0.05) is 212 Å². The van der Waals surface area contributed by atoms with Crippen molar-refractivity contribution in [1.29, 1.82) is 0 Å². The molecule has 0 radical (unpaired) electrons. The van der Waals surface area contributed by atoms with Crippen LogP contribution in [0.25, 0.3) is 140 Å². The van der Waals surface area contributed by atoms with Crippen LogP contribution in [0.4, 0.5) is 17.1 Å². The molecule has 0 unspecified atom stereocenters. The first-order valence-electron chi connectivity index (χ1n) is 32.1. The zero-order chi connectivity index (χ0) is 63.7. The van der Waals surface area contributed by atoms with Crippen LogP contribution in [-0.2, 0) is 0 Å². The quantitative estimate of drug-likeness (QED) is 0.120. The van der Waals surface area contributed by atoms with E-state index < -0.39 is 0 Å². The molecule has 452 valence electrons. The summed E-state index contributed by atoms with van der Waals surface area (Å²) < 4.78 is 6.75. The zero-order valence-electron chi connectivity index (χ0n) is 52.0. The smallest absolute Gasteiger partial charge is 0.145 e. The van der Waals surface area contributed by atoms with E-state index in [1.165, 1.54) is 32.6 Å². The summed E-state index contributed by atoms with van der Waals surface area (Å²) in [4.78, 5) is 31.6. The molecule has 0 atom stereocenters. The average Bonchev–Trinajstić information content (AvgIpc) is 1.63. The van der Waals surface area contributed by atoms with Gasteiger partial charge in [0.15, 0.2) is 0 Å². The third-order valence-corrected chi connectivity index (χ3v) is 17.7. The number of para-hydroxylation sites is 9. The molecule has 0 aliphatic heterocycles. The van der Waals surface area contributed by atoms with Crippen LogP contribution in [0.5, 0.6) is 0 Å². The zero-order valence-corrected chi connectivity index (χ0v) is 52.0. The summed E-state index contributed by atoms with van der Waals surface area (Å²) in [6.45, 7) is 0. The van der Waals surface area contributed by atoms with E-state index in [2.05, 4.69) is 316 Å². The topological polar surface area (TPSA) is 95.4 Å². The number of aromatic nitrogens is 9. The molecule has 10 nitrogen and oxygen atoms in total. The lowest BCUT2D eigenvalue weighted by atomic mass is 10.1. The normalized spacial score (nSPS) is 11.3. The van der Waals surface area contributed by atoms with Crippen LogP contribution >= 0.6 is 0 Å². The maximum atomic E-state index is 5.00. The second kappa shape index (κ2) is 24.8. The van der Waals surface area contributed by atoms with Crippen molar-refractivity contribution >= 4 is 71.7 Å². The highest BCUT2D eigenvalue weighted by Crippen LogP contribution is 2.39. The second-order valence-corrected chi connectivity index (χ2v) is 23.6. The van der Waals surface area contributed by atoms with Crippen molar-refractivity contribution in [2.75, 3.05) is 4.90 Å². The summed E-state index contributed by atoms with van der Waals surface area (Å²) in [5.41, 5.74) is 22.5. The molecule has 0 N–H and O–H groups in total. The number of imidazole rings is 2. The fourth-order valence-corrected chi connectivity index (χ4v) is 13.1. The van der Waals surface area contributed by atoms with Gasteiger partial charge in [-0.05, 0) is 126 Å². The molecule has 0 saturated heterocycles. The van der Waals surface area contributed by atoms with E-state index in [-0.39, 0.29) is 0 Å². The molecule has 0 fully saturated rings. The third kappa shape index (κ3) is 10.8. The van der Waals surface area contributed by atoms with Gasteiger partial charge in [-0.3, -0.25) is 29.1 Å². The third-order valence-electron chi connectivity index (χ3n) is 17.7. The average molecular weight is 1230 g/mol. The van der Waals surface area contributed by atoms with E-state index in [0.29, 0.717) is 0 Å². The lowest BCUT2D eigenvalue weighted by molar-refractivity contribution is 1.10. The van der Waals surface area contributed by atoms with Crippen molar-refractivity contribution in [2.24, 2.45) is 0 Å². The summed E-state index contributed by atoms with van der Waals surface area (Å²) in [6, 6.07) is 114. The minimum Gasteiger partial charge on any atom is -0.310 e. The predicted molar refractivity (Wildman–Crippen MR) is 392 cm³/mol. The molecule has 18 aromatic rings. The van der Waals surface area contributed by atoms with Crippen LogP contribution in [0.15, 0.2) is 352 Å². The first-order chi connectivity index (χ1) is 47.6. The lowest BCUT2D eigenvalue weighted by Gasteiger charge is -2.26. The van der Waals surface area contributed by atoms with Gasteiger partial charge in [0.1, 0.15) is 11.6 Å². The maximum absolute atomic E-state index is 5.00. The van der Waals surface area contributed by atoms with Crippen LogP contribution in [0.2, 0.25) is 0 Å². The van der Waals surface area contributed by atoms with E-state index in [4.69, 9.17) is 29.9 Å². The molecule has 0 aliphatic rings. The van der Waals surface area contributed by atoms with Gasteiger partial charge >= 0.3 is 0 Å². The first-order valence-corrected chi connectivity index (χ1v) is 32.1. The first kappa shape index (κ1) is 56.8. The molecule has 18 rings (SSSR count). The monoisotopic (exact) mass is 1230 g/mol. The van der Waals surface area contributed by atoms with Gasteiger partial charge in [-0.25, -0.2) is 9.97 Å². The SMILES string of the molecule is c1ccc(-n2c(-c3ccc(-c4cnc(-c5ccc6c(c5)c5ccccc5n6-c5ccccc5)cn4)cc3)nc3ccccc32)cc1.c1ccc(N(c2ccc(-c3cnc(-c4ccc(-c5nc6ccccc6n5-c5ccccc5)cc4)cn3)cc2)c2ccc3ccccc3c2)cc1. The van der Waals surface area contributed by atoms with Gasteiger partial charge in [-0.2, -0.15) is 0 Å².